The molecule has 3 aromatic rings. The Balaban J connectivity index is 1.71. The molecule has 0 N–H and O–H groups in total. The molecule has 1 atom stereocenters. The van der Waals surface area contributed by atoms with Crippen LogP contribution in [-0.2, 0) is 4.79 Å². The van der Waals surface area contributed by atoms with E-state index in [1.54, 1.807) is 4.90 Å². The van der Waals surface area contributed by atoms with E-state index in [-0.39, 0.29) is 23.9 Å². The minimum Gasteiger partial charge on any atom is -0.310 e. The van der Waals surface area contributed by atoms with Gasteiger partial charge in [-0.1, -0.05) is 42.8 Å². The van der Waals surface area contributed by atoms with E-state index in [9.17, 15) is 9.59 Å². The van der Waals surface area contributed by atoms with E-state index in [0.717, 1.165) is 46.6 Å². The molecule has 1 fully saturated rings. The molecular weight excluding hydrogens is 452 g/mol. The quantitative estimate of drug-likeness (QED) is 0.324. The second-order valence-corrected chi connectivity index (χ2v) is 11.0. The standard InChI is InChI=1S/C25H28N4O2S2/c1-16-17(2)32-22-21(16)24(31)29(20-12-7-8-13-20)25(27-22)33-18(3)23(30)28(15-9-14-26)19-10-5-4-6-11-19/h4-6,10-11,18,20H,7-9,12-13,15H2,1-3H3. The van der Waals surface area contributed by atoms with Crippen LogP contribution in [0.4, 0.5) is 5.69 Å². The van der Waals surface area contributed by atoms with Crippen molar-refractivity contribution >= 4 is 44.9 Å². The number of aromatic nitrogens is 2. The second-order valence-electron chi connectivity index (χ2n) is 8.46. The highest BCUT2D eigenvalue weighted by Crippen LogP contribution is 2.36. The van der Waals surface area contributed by atoms with Crippen LogP contribution >= 0.6 is 23.1 Å². The lowest BCUT2D eigenvalue weighted by molar-refractivity contribution is -0.117. The molecule has 1 aliphatic carbocycles. The lowest BCUT2D eigenvalue weighted by Crippen LogP contribution is -2.38. The first-order valence-corrected chi connectivity index (χ1v) is 13.0. The number of benzene rings is 1. The summed E-state index contributed by atoms with van der Waals surface area (Å²) >= 11 is 2.89. The molecule has 0 bridgehead atoms. The number of amides is 1. The molecule has 0 aliphatic heterocycles. The average Bonchev–Trinajstić information content (AvgIpc) is 3.43. The minimum absolute atomic E-state index is 0.0142. The van der Waals surface area contributed by atoms with Gasteiger partial charge in [-0.3, -0.25) is 14.2 Å². The number of fused-ring (bicyclic) bond motifs is 1. The van der Waals surface area contributed by atoms with Crippen molar-refractivity contribution in [2.45, 2.75) is 69.3 Å². The zero-order chi connectivity index (χ0) is 23.5. The summed E-state index contributed by atoms with van der Waals surface area (Å²) in [5.41, 5.74) is 1.79. The molecule has 2 heterocycles. The van der Waals surface area contributed by atoms with E-state index in [2.05, 4.69) is 6.07 Å². The summed E-state index contributed by atoms with van der Waals surface area (Å²) in [4.78, 5) is 35.5. The monoisotopic (exact) mass is 480 g/mol. The number of rotatable bonds is 7. The average molecular weight is 481 g/mol. The molecule has 2 aromatic heterocycles. The third-order valence-corrected chi connectivity index (χ3v) is 8.46. The van der Waals surface area contributed by atoms with Crippen LogP contribution < -0.4 is 10.5 Å². The van der Waals surface area contributed by atoms with Crippen molar-refractivity contribution in [3.05, 3.63) is 51.1 Å². The largest absolute Gasteiger partial charge is 0.310 e. The fraction of sp³-hybridized carbons (Fsp3) is 0.440. The normalized spacial score (nSPS) is 15.0. The van der Waals surface area contributed by atoms with E-state index in [1.165, 1.54) is 23.1 Å². The van der Waals surface area contributed by atoms with Crippen molar-refractivity contribution in [2.24, 2.45) is 0 Å². The van der Waals surface area contributed by atoms with Gasteiger partial charge in [-0.25, -0.2) is 4.98 Å². The van der Waals surface area contributed by atoms with Gasteiger partial charge in [0.15, 0.2) is 5.16 Å². The zero-order valence-corrected chi connectivity index (χ0v) is 20.8. The number of nitriles is 1. The highest BCUT2D eigenvalue weighted by Gasteiger charge is 2.29. The number of aryl methyl sites for hydroxylation is 2. The topological polar surface area (TPSA) is 79.0 Å². The highest BCUT2D eigenvalue weighted by molar-refractivity contribution is 8.00. The van der Waals surface area contributed by atoms with E-state index < -0.39 is 5.25 Å². The van der Waals surface area contributed by atoms with Gasteiger partial charge in [0, 0.05) is 23.2 Å². The van der Waals surface area contributed by atoms with E-state index in [0.29, 0.717) is 17.1 Å². The minimum atomic E-state index is -0.456. The number of hydrogen-bond acceptors (Lipinski definition) is 6. The van der Waals surface area contributed by atoms with Crippen LogP contribution in [0.25, 0.3) is 10.2 Å². The first-order valence-electron chi connectivity index (χ1n) is 11.3. The zero-order valence-electron chi connectivity index (χ0n) is 19.2. The lowest BCUT2D eigenvalue weighted by Gasteiger charge is -2.26. The predicted molar refractivity (Wildman–Crippen MR) is 135 cm³/mol. The van der Waals surface area contributed by atoms with Crippen LogP contribution in [0.15, 0.2) is 40.3 Å². The molecule has 6 nitrogen and oxygen atoms in total. The number of nitrogens with zero attached hydrogens (tertiary/aromatic N) is 4. The van der Waals surface area contributed by atoms with Gasteiger partial charge in [0.1, 0.15) is 4.83 Å². The van der Waals surface area contributed by atoms with Gasteiger partial charge < -0.3 is 4.90 Å². The molecule has 1 aromatic carbocycles. The van der Waals surface area contributed by atoms with Crippen LogP contribution in [0.5, 0.6) is 0 Å². The number of hydrogen-bond donors (Lipinski definition) is 0. The third-order valence-electron chi connectivity index (χ3n) is 6.30. The van der Waals surface area contributed by atoms with Gasteiger partial charge >= 0.3 is 0 Å². The van der Waals surface area contributed by atoms with Gasteiger partial charge in [-0.2, -0.15) is 5.26 Å². The van der Waals surface area contributed by atoms with Crippen molar-refractivity contribution in [3.63, 3.8) is 0 Å². The van der Waals surface area contributed by atoms with Crippen LogP contribution in [0.3, 0.4) is 0 Å². The Kier molecular flexibility index (Phi) is 7.20. The maximum absolute atomic E-state index is 13.6. The maximum atomic E-state index is 13.6. The number of thioether (sulfide) groups is 1. The predicted octanol–water partition coefficient (Wildman–Crippen LogP) is 5.62. The summed E-state index contributed by atoms with van der Waals surface area (Å²) in [5.74, 6) is -0.0905. The molecular formula is C25H28N4O2S2. The Bertz CT molecular complexity index is 1250. The molecule has 1 saturated carbocycles. The van der Waals surface area contributed by atoms with Crippen molar-refractivity contribution < 1.29 is 4.79 Å². The smallest absolute Gasteiger partial charge is 0.263 e. The second kappa shape index (κ2) is 10.1. The number of carbonyl (C=O) groups excluding carboxylic acids is 1. The Morgan fingerprint density at radius 3 is 2.67 bits per heavy atom. The van der Waals surface area contributed by atoms with Crippen molar-refractivity contribution in [3.8, 4) is 6.07 Å². The van der Waals surface area contributed by atoms with Gasteiger partial charge in [0.2, 0.25) is 5.91 Å². The van der Waals surface area contributed by atoms with Crippen LogP contribution in [0.2, 0.25) is 0 Å². The first-order chi connectivity index (χ1) is 15.9. The summed E-state index contributed by atoms with van der Waals surface area (Å²) in [6.07, 6.45) is 4.38. The molecule has 1 aliphatic rings. The fourth-order valence-corrected chi connectivity index (χ4v) is 6.53. The first kappa shape index (κ1) is 23.5. The molecule has 0 radical (unpaired) electrons. The van der Waals surface area contributed by atoms with Gasteiger partial charge in [-0.15, -0.1) is 11.3 Å². The van der Waals surface area contributed by atoms with Gasteiger partial charge in [-0.05, 0) is 51.3 Å². The molecule has 33 heavy (non-hydrogen) atoms. The number of para-hydroxylation sites is 1. The van der Waals surface area contributed by atoms with Crippen molar-refractivity contribution in [1.82, 2.24) is 9.55 Å². The van der Waals surface area contributed by atoms with E-state index >= 15 is 0 Å². The Hall–Kier alpha value is -2.63. The molecule has 1 unspecified atom stereocenters. The van der Waals surface area contributed by atoms with Crippen molar-refractivity contribution in [2.75, 3.05) is 11.4 Å². The molecule has 172 valence electrons. The third kappa shape index (κ3) is 4.71. The maximum Gasteiger partial charge on any atom is 0.263 e. The van der Waals surface area contributed by atoms with Crippen molar-refractivity contribution in [1.29, 1.82) is 5.26 Å². The summed E-state index contributed by atoms with van der Waals surface area (Å²) in [7, 11) is 0. The number of carbonyl (C=O) groups is 1. The highest BCUT2D eigenvalue weighted by atomic mass is 32.2. The molecule has 0 saturated heterocycles. The number of anilines is 1. The molecule has 4 rings (SSSR count). The fourth-order valence-electron chi connectivity index (χ4n) is 4.42. The Morgan fingerprint density at radius 1 is 1.30 bits per heavy atom. The Morgan fingerprint density at radius 2 is 2.00 bits per heavy atom. The Labute approximate surface area is 202 Å². The van der Waals surface area contributed by atoms with Gasteiger partial charge in [0.25, 0.3) is 5.56 Å². The van der Waals surface area contributed by atoms with E-state index in [4.69, 9.17) is 10.2 Å². The summed E-state index contributed by atoms with van der Waals surface area (Å²) < 4.78 is 1.85. The summed E-state index contributed by atoms with van der Waals surface area (Å²) in [5, 5.41) is 9.97. The summed E-state index contributed by atoms with van der Waals surface area (Å²) in [6.45, 7) is 6.19. The van der Waals surface area contributed by atoms with Gasteiger partial charge in [0.05, 0.1) is 23.1 Å². The number of thiophene rings is 1. The van der Waals surface area contributed by atoms with E-state index in [1.807, 2.05) is 55.7 Å². The molecule has 0 spiro atoms. The molecule has 8 heteroatoms. The molecule has 1 amide bonds. The SMILES string of the molecule is Cc1sc2nc(SC(C)C(=O)N(CCC#N)c3ccccc3)n(C3CCCC3)c(=O)c2c1C. The van der Waals surface area contributed by atoms with Crippen LogP contribution in [0.1, 0.15) is 55.5 Å². The lowest BCUT2D eigenvalue weighted by atomic mass is 10.2. The summed E-state index contributed by atoms with van der Waals surface area (Å²) in [6, 6.07) is 11.7. The van der Waals surface area contributed by atoms with Crippen LogP contribution in [-0.4, -0.2) is 27.3 Å². The van der Waals surface area contributed by atoms with Crippen LogP contribution in [0, 0.1) is 25.2 Å².